The van der Waals surface area contributed by atoms with E-state index in [4.69, 9.17) is 0 Å². The summed E-state index contributed by atoms with van der Waals surface area (Å²) in [5.74, 6) is -0.638. The van der Waals surface area contributed by atoms with Crippen LogP contribution in [0.25, 0.3) is 0 Å². The molecule has 1 fully saturated rings. The van der Waals surface area contributed by atoms with E-state index >= 15 is 0 Å². The van der Waals surface area contributed by atoms with Crippen molar-refractivity contribution in [3.8, 4) is 5.75 Å². The van der Waals surface area contributed by atoms with Crippen molar-refractivity contribution in [1.29, 1.82) is 0 Å². The largest absolute Gasteiger partial charge is 0.484 e. The van der Waals surface area contributed by atoms with Crippen LogP contribution in [0, 0.1) is 0 Å². The Kier molecular flexibility index (Phi) is 8.85. The van der Waals surface area contributed by atoms with Crippen molar-refractivity contribution >= 4 is 21.8 Å². The van der Waals surface area contributed by atoms with Gasteiger partial charge in [0.05, 0.1) is 4.90 Å². The molecular weight excluding hydrogens is 511 g/mol. The lowest BCUT2D eigenvalue weighted by Crippen LogP contribution is -2.61. The number of amides is 2. The standard InChI is InChI=1S/C25H30F3N3O5S/c1-17(2)20-6-4-19(5-7-20)14-29-24(33)23-15-30(18(3)32)12-13-31(23)37(34,35)22-10-8-21(9-11-22)36-16-25(26,27)28/h4-11,17,23H,12-16H2,1-3H3,(H,29,33)/t23-/m1/s1. The average molecular weight is 542 g/mol. The number of sulfonamides is 1. The van der Waals surface area contributed by atoms with E-state index in [-0.39, 0.29) is 42.7 Å². The first-order chi connectivity index (χ1) is 17.3. The molecule has 12 heteroatoms. The molecule has 1 atom stereocenters. The molecule has 0 aliphatic carbocycles. The molecule has 8 nitrogen and oxygen atoms in total. The number of hydrogen-bond donors (Lipinski definition) is 1. The van der Waals surface area contributed by atoms with Gasteiger partial charge in [0.1, 0.15) is 11.8 Å². The van der Waals surface area contributed by atoms with Crippen LogP contribution in [0.15, 0.2) is 53.4 Å². The highest BCUT2D eigenvalue weighted by molar-refractivity contribution is 7.89. The zero-order valence-corrected chi connectivity index (χ0v) is 21.6. The second kappa shape index (κ2) is 11.5. The van der Waals surface area contributed by atoms with Crippen molar-refractivity contribution in [2.45, 2.75) is 50.3 Å². The van der Waals surface area contributed by atoms with E-state index in [0.29, 0.717) is 5.92 Å². The molecule has 1 heterocycles. The van der Waals surface area contributed by atoms with Gasteiger partial charge in [-0.05, 0) is 41.3 Å². The van der Waals surface area contributed by atoms with Crippen LogP contribution < -0.4 is 10.1 Å². The molecule has 2 amide bonds. The predicted octanol–water partition coefficient (Wildman–Crippen LogP) is 3.29. The minimum absolute atomic E-state index is 0.0990. The lowest BCUT2D eigenvalue weighted by molar-refractivity contribution is -0.153. The van der Waals surface area contributed by atoms with Crippen LogP contribution in [0.5, 0.6) is 5.75 Å². The summed E-state index contributed by atoms with van der Waals surface area (Å²) < 4.78 is 69.6. The van der Waals surface area contributed by atoms with Gasteiger partial charge in [0.2, 0.25) is 21.8 Å². The van der Waals surface area contributed by atoms with Gasteiger partial charge >= 0.3 is 6.18 Å². The molecule has 202 valence electrons. The monoisotopic (exact) mass is 541 g/mol. The molecule has 0 bridgehead atoms. The lowest BCUT2D eigenvalue weighted by Gasteiger charge is -2.39. The van der Waals surface area contributed by atoms with E-state index < -0.39 is 34.8 Å². The Hall–Kier alpha value is -3.12. The number of ether oxygens (including phenoxy) is 1. The van der Waals surface area contributed by atoms with Crippen molar-refractivity contribution in [1.82, 2.24) is 14.5 Å². The van der Waals surface area contributed by atoms with Crippen LogP contribution in [0.1, 0.15) is 37.8 Å². The van der Waals surface area contributed by atoms with Gasteiger partial charge < -0.3 is 15.0 Å². The molecule has 0 aromatic heterocycles. The van der Waals surface area contributed by atoms with Gasteiger partial charge in [0.15, 0.2) is 6.61 Å². The molecule has 0 saturated carbocycles. The highest BCUT2D eigenvalue weighted by Gasteiger charge is 2.40. The van der Waals surface area contributed by atoms with E-state index in [1.165, 1.54) is 11.8 Å². The van der Waals surface area contributed by atoms with Crippen LogP contribution in [0.3, 0.4) is 0 Å². The molecule has 1 N–H and O–H groups in total. The second-order valence-electron chi connectivity index (χ2n) is 9.09. The van der Waals surface area contributed by atoms with Crippen molar-refractivity contribution in [2.24, 2.45) is 0 Å². The minimum atomic E-state index is -4.53. The molecule has 1 aliphatic rings. The second-order valence-corrected chi connectivity index (χ2v) is 11.0. The summed E-state index contributed by atoms with van der Waals surface area (Å²) in [6, 6.07) is 11.0. The molecule has 0 unspecified atom stereocenters. The van der Waals surface area contributed by atoms with Gasteiger partial charge in [-0.2, -0.15) is 17.5 Å². The topological polar surface area (TPSA) is 96.0 Å². The highest BCUT2D eigenvalue weighted by Crippen LogP contribution is 2.25. The predicted molar refractivity (Wildman–Crippen MR) is 130 cm³/mol. The first-order valence-electron chi connectivity index (χ1n) is 11.7. The fourth-order valence-corrected chi connectivity index (χ4v) is 5.46. The maximum absolute atomic E-state index is 13.4. The van der Waals surface area contributed by atoms with Crippen molar-refractivity contribution in [2.75, 3.05) is 26.2 Å². The molecule has 1 aliphatic heterocycles. The Balaban J connectivity index is 1.77. The molecule has 1 saturated heterocycles. The number of rotatable bonds is 8. The summed E-state index contributed by atoms with van der Waals surface area (Å²) in [5, 5.41) is 2.76. The lowest BCUT2D eigenvalue weighted by atomic mass is 10.0. The maximum atomic E-state index is 13.4. The Morgan fingerprint density at radius 3 is 2.22 bits per heavy atom. The van der Waals surface area contributed by atoms with E-state index in [2.05, 4.69) is 23.9 Å². The van der Waals surface area contributed by atoms with Crippen LogP contribution in [-0.4, -0.2) is 67.9 Å². The summed E-state index contributed by atoms with van der Waals surface area (Å²) in [6.07, 6.45) is -4.53. The number of nitrogens with zero attached hydrogens (tertiary/aromatic N) is 2. The number of benzene rings is 2. The van der Waals surface area contributed by atoms with Gasteiger partial charge in [-0.15, -0.1) is 0 Å². The number of piperazine rings is 1. The quantitative estimate of drug-likeness (QED) is 0.554. The third-order valence-electron chi connectivity index (χ3n) is 6.03. The van der Waals surface area contributed by atoms with E-state index in [9.17, 15) is 31.2 Å². The highest BCUT2D eigenvalue weighted by atomic mass is 32.2. The van der Waals surface area contributed by atoms with Crippen LogP contribution in [0.4, 0.5) is 13.2 Å². The summed E-state index contributed by atoms with van der Waals surface area (Å²) in [6.45, 7) is 4.00. The van der Waals surface area contributed by atoms with Crippen LogP contribution in [-0.2, 0) is 26.2 Å². The molecule has 0 radical (unpaired) electrons. The Labute approximate surface area is 214 Å². The number of halogens is 3. The smallest absolute Gasteiger partial charge is 0.422 e. The Morgan fingerprint density at radius 1 is 1.05 bits per heavy atom. The van der Waals surface area contributed by atoms with E-state index in [1.54, 1.807) is 0 Å². The van der Waals surface area contributed by atoms with Crippen molar-refractivity contribution in [3.63, 3.8) is 0 Å². The molecule has 0 spiro atoms. The normalized spacial score (nSPS) is 17.1. The number of carbonyl (C=O) groups excluding carboxylic acids is 2. The van der Waals surface area contributed by atoms with Crippen molar-refractivity contribution in [3.05, 3.63) is 59.7 Å². The van der Waals surface area contributed by atoms with Crippen LogP contribution in [0.2, 0.25) is 0 Å². The average Bonchev–Trinajstić information content (AvgIpc) is 2.85. The summed E-state index contributed by atoms with van der Waals surface area (Å²) >= 11 is 0. The van der Waals surface area contributed by atoms with E-state index in [0.717, 1.165) is 39.7 Å². The molecular formula is C25H30F3N3O5S. The fourth-order valence-electron chi connectivity index (χ4n) is 3.89. The third kappa shape index (κ3) is 7.45. The number of carbonyl (C=O) groups is 2. The Morgan fingerprint density at radius 2 is 1.68 bits per heavy atom. The zero-order valence-electron chi connectivity index (χ0n) is 20.8. The summed E-state index contributed by atoms with van der Waals surface area (Å²) in [5.41, 5.74) is 1.98. The van der Waals surface area contributed by atoms with Crippen LogP contribution >= 0.6 is 0 Å². The van der Waals surface area contributed by atoms with Gasteiger partial charge in [0, 0.05) is 33.1 Å². The first-order valence-corrected chi connectivity index (χ1v) is 13.2. The van der Waals surface area contributed by atoms with Gasteiger partial charge in [-0.1, -0.05) is 38.1 Å². The molecule has 37 heavy (non-hydrogen) atoms. The van der Waals surface area contributed by atoms with Crippen molar-refractivity contribution < 1.29 is 35.9 Å². The number of nitrogens with one attached hydrogen (secondary N) is 1. The van der Waals surface area contributed by atoms with Gasteiger partial charge in [-0.3, -0.25) is 9.59 Å². The third-order valence-corrected chi connectivity index (χ3v) is 7.95. The molecule has 2 aromatic rings. The van der Waals surface area contributed by atoms with E-state index in [1.807, 2.05) is 24.3 Å². The number of alkyl halides is 3. The zero-order chi connectivity index (χ0) is 27.4. The van der Waals surface area contributed by atoms with Gasteiger partial charge in [0.25, 0.3) is 0 Å². The molecule has 2 aromatic carbocycles. The summed E-state index contributed by atoms with van der Waals surface area (Å²) in [4.78, 5) is 26.3. The molecule has 3 rings (SSSR count). The Bertz CT molecular complexity index is 1200. The maximum Gasteiger partial charge on any atom is 0.422 e. The minimum Gasteiger partial charge on any atom is -0.484 e. The first kappa shape index (κ1) is 28.5. The van der Waals surface area contributed by atoms with Gasteiger partial charge in [-0.25, -0.2) is 8.42 Å². The number of hydrogen-bond acceptors (Lipinski definition) is 5. The fraction of sp³-hybridized carbons (Fsp3) is 0.440. The summed E-state index contributed by atoms with van der Waals surface area (Å²) in [7, 11) is -4.21. The SMILES string of the molecule is CC(=O)N1CCN(S(=O)(=O)c2ccc(OCC(F)(F)F)cc2)[C@@H](C(=O)NCc2ccc(C(C)C)cc2)C1.